The Hall–Kier alpha value is -2.82. The van der Waals surface area contributed by atoms with E-state index in [1.54, 1.807) is 53.7 Å². The lowest BCUT2D eigenvalue weighted by atomic mass is 10.1. The van der Waals surface area contributed by atoms with Crippen LogP contribution < -0.4 is 5.32 Å². The Balaban J connectivity index is 1.51. The summed E-state index contributed by atoms with van der Waals surface area (Å²) in [5, 5.41) is 4.32. The van der Waals surface area contributed by atoms with E-state index in [0.717, 1.165) is 24.2 Å². The minimum Gasteiger partial charge on any atom is -0.331 e. The number of hydrogen-bond donors (Lipinski definition) is 1. The highest BCUT2D eigenvalue weighted by Gasteiger charge is 2.31. The molecule has 10 heteroatoms. The van der Waals surface area contributed by atoms with Gasteiger partial charge in [-0.25, -0.2) is 13.4 Å². The van der Waals surface area contributed by atoms with Crippen LogP contribution in [0.1, 0.15) is 38.7 Å². The Bertz CT molecular complexity index is 1190. The number of amides is 1. The molecular weight excluding hydrogens is 424 g/mol. The second-order valence-electron chi connectivity index (χ2n) is 6.95. The summed E-state index contributed by atoms with van der Waals surface area (Å²) in [6, 6.07) is 7.89. The molecule has 1 aliphatic rings. The number of aryl methyl sites for hydroxylation is 1. The molecule has 3 heterocycles. The quantitative estimate of drug-likeness (QED) is 0.589. The van der Waals surface area contributed by atoms with Crippen LogP contribution in [0.3, 0.4) is 0 Å². The zero-order chi connectivity index (χ0) is 21.3. The fourth-order valence-corrected chi connectivity index (χ4v) is 6.15. The van der Waals surface area contributed by atoms with Gasteiger partial charge < -0.3 is 9.88 Å². The molecule has 0 bridgehead atoms. The van der Waals surface area contributed by atoms with Gasteiger partial charge in [0.25, 0.3) is 5.91 Å². The molecule has 0 atom stereocenters. The second kappa shape index (κ2) is 8.13. The van der Waals surface area contributed by atoms with Crippen LogP contribution in [0.2, 0.25) is 0 Å². The van der Waals surface area contributed by atoms with Gasteiger partial charge >= 0.3 is 0 Å². The largest absolute Gasteiger partial charge is 0.331 e. The van der Waals surface area contributed by atoms with Crippen LogP contribution >= 0.6 is 11.3 Å². The number of nitrogens with zero attached hydrogens (tertiary/aromatic N) is 3. The molecule has 1 aromatic carbocycles. The van der Waals surface area contributed by atoms with Gasteiger partial charge in [0.05, 0.1) is 0 Å². The van der Waals surface area contributed by atoms with Crippen LogP contribution in [0.25, 0.3) is 0 Å². The molecule has 0 aliphatic carbocycles. The van der Waals surface area contributed by atoms with Crippen LogP contribution in [0, 0.1) is 0 Å². The van der Waals surface area contributed by atoms with Crippen molar-refractivity contribution in [2.24, 2.45) is 7.05 Å². The fourth-order valence-electron chi connectivity index (χ4n) is 3.34. The summed E-state index contributed by atoms with van der Waals surface area (Å²) in [5.74, 6) is -0.397. The highest BCUT2D eigenvalue weighted by molar-refractivity contribution is 7.89. The molecule has 0 saturated carbocycles. The van der Waals surface area contributed by atoms with E-state index >= 15 is 0 Å². The maximum Gasteiger partial charge on any atom is 0.267 e. The topological polar surface area (TPSA) is 101 Å². The Kier molecular flexibility index (Phi) is 5.54. The Morgan fingerprint density at radius 3 is 2.43 bits per heavy atom. The molecule has 156 valence electrons. The highest BCUT2D eigenvalue weighted by atomic mass is 32.2. The van der Waals surface area contributed by atoms with Gasteiger partial charge in [0.1, 0.15) is 9.77 Å². The van der Waals surface area contributed by atoms with Crippen molar-refractivity contribution in [2.45, 2.75) is 17.7 Å². The van der Waals surface area contributed by atoms with Crippen LogP contribution in [-0.2, 0) is 17.1 Å². The van der Waals surface area contributed by atoms with E-state index in [9.17, 15) is 18.0 Å². The molecule has 1 amide bonds. The maximum atomic E-state index is 12.8. The van der Waals surface area contributed by atoms with E-state index in [1.165, 1.54) is 10.4 Å². The van der Waals surface area contributed by atoms with Crippen molar-refractivity contribution < 1.29 is 18.0 Å². The van der Waals surface area contributed by atoms with Gasteiger partial charge in [0.2, 0.25) is 15.8 Å². The highest BCUT2D eigenvalue weighted by Crippen LogP contribution is 2.28. The van der Waals surface area contributed by atoms with Gasteiger partial charge in [-0.15, -0.1) is 11.3 Å². The third kappa shape index (κ3) is 3.81. The number of imidazole rings is 1. The third-order valence-electron chi connectivity index (χ3n) is 4.95. The molecule has 30 heavy (non-hydrogen) atoms. The van der Waals surface area contributed by atoms with Crippen LogP contribution in [0.4, 0.5) is 5.69 Å². The minimum atomic E-state index is -3.68. The number of nitrogens with one attached hydrogen (secondary N) is 1. The zero-order valence-corrected chi connectivity index (χ0v) is 17.9. The molecule has 0 radical (unpaired) electrons. The van der Waals surface area contributed by atoms with Gasteiger partial charge in [-0.2, -0.15) is 4.31 Å². The predicted octanol–water partition coefficient (Wildman–Crippen LogP) is 2.75. The summed E-state index contributed by atoms with van der Waals surface area (Å²) >= 11 is 1.09. The number of anilines is 1. The number of carbonyl (C=O) groups is 2. The summed E-state index contributed by atoms with van der Waals surface area (Å²) < 4.78 is 28.7. The first-order valence-corrected chi connectivity index (χ1v) is 11.7. The van der Waals surface area contributed by atoms with Crippen molar-refractivity contribution in [2.75, 3.05) is 18.4 Å². The van der Waals surface area contributed by atoms with Crippen molar-refractivity contribution in [1.82, 2.24) is 13.9 Å². The lowest BCUT2D eigenvalue weighted by Crippen LogP contribution is -2.29. The van der Waals surface area contributed by atoms with Crippen molar-refractivity contribution >= 4 is 38.7 Å². The predicted molar refractivity (Wildman–Crippen MR) is 113 cm³/mol. The summed E-state index contributed by atoms with van der Waals surface area (Å²) in [6.45, 7) is 0.954. The van der Waals surface area contributed by atoms with Gasteiger partial charge in [-0.1, -0.05) is 0 Å². The minimum absolute atomic E-state index is 0.0356. The Morgan fingerprint density at radius 2 is 1.80 bits per heavy atom. The molecule has 1 fully saturated rings. The summed E-state index contributed by atoms with van der Waals surface area (Å²) in [4.78, 5) is 29.5. The number of ketones is 1. The fraction of sp³-hybridized carbons (Fsp3) is 0.250. The number of carbonyl (C=O) groups excluding carboxylic acids is 2. The number of thiophene rings is 1. The number of aromatic nitrogens is 2. The van der Waals surface area contributed by atoms with E-state index in [-0.39, 0.29) is 15.6 Å². The normalized spacial score (nSPS) is 14.7. The van der Waals surface area contributed by atoms with Crippen molar-refractivity contribution in [3.63, 3.8) is 0 Å². The third-order valence-corrected chi connectivity index (χ3v) is 7.93. The molecule has 1 N–H and O–H groups in total. The van der Waals surface area contributed by atoms with Crippen LogP contribution in [0.5, 0.6) is 0 Å². The first kappa shape index (κ1) is 20.5. The van der Waals surface area contributed by atoms with Gasteiger partial charge in [-0.05, 0) is 48.6 Å². The van der Waals surface area contributed by atoms with E-state index < -0.39 is 15.9 Å². The average molecular weight is 445 g/mol. The second-order valence-corrected chi connectivity index (χ2v) is 9.77. The first-order valence-electron chi connectivity index (χ1n) is 9.39. The monoisotopic (exact) mass is 444 g/mol. The molecule has 0 unspecified atom stereocenters. The van der Waals surface area contributed by atoms with Gasteiger partial charge in [-0.3, -0.25) is 9.59 Å². The summed E-state index contributed by atoms with van der Waals surface area (Å²) in [5.41, 5.74) is 0.907. The summed E-state index contributed by atoms with van der Waals surface area (Å²) in [6.07, 6.45) is 4.90. The SMILES string of the molecule is Cn1ccnc1C(=O)c1ccc(NC(=O)c2sccc2S(=O)(=O)N2CCCC2)cc1. The molecule has 1 saturated heterocycles. The molecule has 2 aromatic heterocycles. The Labute approximate surface area is 178 Å². The van der Waals surface area contributed by atoms with Crippen LogP contribution in [-0.4, -0.2) is 47.1 Å². The molecular formula is C20H20N4O4S2. The number of sulfonamides is 1. The smallest absolute Gasteiger partial charge is 0.267 e. The molecule has 1 aliphatic heterocycles. The average Bonchev–Trinajstić information content (AvgIpc) is 3.49. The molecule has 0 spiro atoms. The molecule has 4 rings (SSSR count). The lowest BCUT2D eigenvalue weighted by Gasteiger charge is -2.15. The maximum absolute atomic E-state index is 12.8. The zero-order valence-electron chi connectivity index (χ0n) is 16.2. The van der Waals surface area contributed by atoms with E-state index in [1.807, 2.05) is 0 Å². The molecule has 3 aromatic rings. The van der Waals surface area contributed by atoms with Crippen molar-refractivity contribution in [3.05, 3.63) is 64.4 Å². The van der Waals surface area contributed by atoms with Gasteiger partial charge in [0.15, 0.2) is 5.82 Å². The lowest BCUT2D eigenvalue weighted by molar-refractivity contribution is 0.102. The van der Waals surface area contributed by atoms with E-state index in [2.05, 4.69) is 10.3 Å². The Morgan fingerprint density at radius 1 is 1.10 bits per heavy atom. The first-order chi connectivity index (χ1) is 14.4. The van der Waals surface area contributed by atoms with E-state index in [4.69, 9.17) is 0 Å². The summed E-state index contributed by atoms with van der Waals surface area (Å²) in [7, 11) is -1.94. The number of benzene rings is 1. The standard InChI is InChI=1S/C20H20N4O4S2/c1-23-12-9-21-19(23)17(25)14-4-6-15(7-5-14)22-20(26)18-16(8-13-29-18)30(27,28)24-10-2-3-11-24/h4-9,12-13H,2-3,10-11H2,1H3,(H,22,26). The van der Waals surface area contributed by atoms with Crippen molar-refractivity contribution in [3.8, 4) is 0 Å². The van der Waals surface area contributed by atoms with Gasteiger partial charge in [0, 0.05) is 43.8 Å². The van der Waals surface area contributed by atoms with Crippen LogP contribution in [0.15, 0.2) is 53.0 Å². The van der Waals surface area contributed by atoms with E-state index in [0.29, 0.717) is 30.2 Å². The molecule has 8 nitrogen and oxygen atoms in total. The number of hydrogen-bond acceptors (Lipinski definition) is 6. The number of rotatable bonds is 6. The van der Waals surface area contributed by atoms with Crippen molar-refractivity contribution in [1.29, 1.82) is 0 Å².